The zero-order valence-corrected chi connectivity index (χ0v) is 9.66. The Hall–Kier alpha value is -3.14. The summed E-state index contributed by atoms with van der Waals surface area (Å²) in [5, 5.41) is 26.3. The number of H-pyrrole nitrogens is 1. The summed E-state index contributed by atoms with van der Waals surface area (Å²) in [4.78, 5) is 0. The summed E-state index contributed by atoms with van der Waals surface area (Å²) in [6.45, 7) is 0. The third-order valence-electron chi connectivity index (χ3n) is 2.57. The van der Waals surface area contributed by atoms with Crippen LogP contribution in [0.3, 0.4) is 0 Å². The fourth-order valence-corrected chi connectivity index (χ4v) is 1.69. The Morgan fingerprint density at radius 3 is 3.16 bits per heavy atom. The molecule has 0 saturated heterocycles. The van der Waals surface area contributed by atoms with Gasteiger partial charge in [0, 0.05) is 17.3 Å². The van der Waals surface area contributed by atoms with Gasteiger partial charge in [-0.15, -0.1) is 10.2 Å². The number of nitrogens with one attached hydrogen (secondary N) is 2. The van der Waals surface area contributed by atoms with E-state index in [-0.39, 0.29) is 11.4 Å². The van der Waals surface area contributed by atoms with Gasteiger partial charge in [-0.1, -0.05) is 6.07 Å². The van der Waals surface area contributed by atoms with Crippen LogP contribution in [0.5, 0.6) is 0 Å². The maximum Gasteiger partial charge on any atom is 0.216 e. The summed E-state index contributed by atoms with van der Waals surface area (Å²) < 4.78 is 5.30. The second-order valence-electron chi connectivity index (χ2n) is 3.69. The normalized spacial score (nSPS) is 11.4. The first kappa shape index (κ1) is 11.0. The summed E-state index contributed by atoms with van der Waals surface area (Å²) in [5.74, 6) is 0.245. The molecule has 0 spiro atoms. The van der Waals surface area contributed by atoms with E-state index >= 15 is 0 Å². The predicted molar refractivity (Wildman–Crippen MR) is 67.6 cm³/mol. The lowest BCUT2D eigenvalue weighted by Gasteiger charge is -2.02. The van der Waals surface area contributed by atoms with Crippen molar-refractivity contribution in [3.63, 3.8) is 0 Å². The van der Waals surface area contributed by atoms with E-state index in [2.05, 4.69) is 25.9 Å². The first-order valence-corrected chi connectivity index (χ1v) is 5.45. The molecule has 1 aromatic carbocycles. The standard InChI is InChI=1S/C12H8N6O/c13-6-8(12-15-17-18-16-12)7-14-10-2-1-3-11-9(10)4-5-19-11/h1-5,7,14H,(H,15,16,17,18). The Morgan fingerprint density at radius 2 is 2.37 bits per heavy atom. The van der Waals surface area contributed by atoms with Crippen molar-refractivity contribution < 1.29 is 4.42 Å². The average molecular weight is 252 g/mol. The van der Waals surface area contributed by atoms with Gasteiger partial charge in [0.15, 0.2) is 0 Å². The zero-order chi connectivity index (χ0) is 13.1. The van der Waals surface area contributed by atoms with Crippen molar-refractivity contribution in [3.8, 4) is 6.07 Å². The molecule has 19 heavy (non-hydrogen) atoms. The molecule has 0 saturated carbocycles. The molecule has 2 aromatic heterocycles. The van der Waals surface area contributed by atoms with E-state index in [0.717, 1.165) is 16.7 Å². The number of nitrogens with zero attached hydrogens (tertiary/aromatic N) is 4. The Labute approximate surface area is 107 Å². The van der Waals surface area contributed by atoms with Crippen molar-refractivity contribution in [2.75, 3.05) is 5.32 Å². The smallest absolute Gasteiger partial charge is 0.216 e. The molecule has 0 amide bonds. The second kappa shape index (κ2) is 4.62. The molecule has 0 bridgehead atoms. The second-order valence-corrected chi connectivity index (χ2v) is 3.69. The number of fused-ring (bicyclic) bond motifs is 1. The number of benzene rings is 1. The van der Waals surface area contributed by atoms with Gasteiger partial charge in [0.05, 0.1) is 6.26 Å². The molecule has 0 atom stereocenters. The number of aromatic amines is 1. The monoisotopic (exact) mass is 252 g/mol. The van der Waals surface area contributed by atoms with Crippen molar-refractivity contribution in [1.82, 2.24) is 20.6 Å². The van der Waals surface area contributed by atoms with E-state index < -0.39 is 0 Å². The van der Waals surface area contributed by atoms with Crippen LogP contribution in [0.1, 0.15) is 5.82 Å². The first-order valence-electron chi connectivity index (χ1n) is 5.45. The summed E-state index contributed by atoms with van der Waals surface area (Å²) in [7, 11) is 0. The number of hydrogen-bond acceptors (Lipinski definition) is 6. The van der Waals surface area contributed by atoms with Gasteiger partial charge < -0.3 is 9.73 Å². The van der Waals surface area contributed by atoms with Crippen LogP contribution in [0.4, 0.5) is 5.69 Å². The zero-order valence-electron chi connectivity index (χ0n) is 9.66. The van der Waals surface area contributed by atoms with Gasteiger partial charge in [-0.05, 0) is 23.4 Å². The lowest BCUT2D eigenvalue weighted by atomic mass is 10.2. The number of rotatable bonds is 3. The van der Waals surface area contributed by atoms with Gasteiger partial charge in [-0.3, -0.25) is 0 Å². The predicted octanol–water partition coefficient (Wildman–Crippen LogP) is 1.92. The summed E-state index contributed by atoms with van der Waals surface area (Å²) in [6, 6.07) is 9.48. The highest BCUT2D eigenvalue weighted by atomic mass is 16.3. The third-order valence-corrected chi connectivity index (χ3v) is 2.57. The fraction of sp³-hybridized carbons (Fsp3) is 0. The van der Waals surface area contributed by atoms with Crippen LogP contribution < -0.4 is 5.32 Å². The van der Waals surface area contributed by atoms with E-state index in [1.54, 1.807) is 6.26 Å². The summed E-state index contributed by atoms with van der Waals surface area (Å²) in [5.41, 5.74) is 1.90. The summed E-state index contributed by atoms with van der Waals surface area (Å²) in [6.07, 6.45) is 3.15. The quantitative estimate of drug-likeness (QED) is 0.690. The van der Waals surface area contributed by atoms with E-state index in [9.17, 15) is 0 Å². The topological polar surface area (TPSA) is 103 Å². The van der Waals surface area contributed by atoms with Crippen molar-refractivity contribution >= 4 is 22.2 Å². The molecule has 0 unspecified atom stereocenters. The molecule has 2 N–H and O–H groups in total. The molecule has 3 rings (SSSR count). The lowest BCUT2D eigenvalue weighted by molar-refractivity contribution is 0.616. The molecule has 0 aliphatic rings. The van der Waals surface area contributed by atoms with Crippen LogP contribution in [-0.2, 0) is 0 Å². The van der Waals surface area contributed by atoms with Gasteiger partial charge >= 0.3 is 0 Å². The maximum atomic E-state index is 9.05. The lowest BCUT2D eigenvalue weighted by Crippen LogP contribution is -1.93. The highest BCUT2D eigenvalue weighted by Gasteiger charge is 2.06. The van der Waals surface area contributed by atoms with E-state index in [1.807, 2.05) is 30.3 Å². The van der Waals surface area contributed by atoms with Crippen molar-refractivity contribution in [2.24, 2.45) is 0 Å². The Bertz CT molecular complexity index is 765. The van der Waals surface area contributed by atoms with Crippen LogP contribution in [0.2, 0.25) is 0 Å². The minimum Gasteiger partial charge on any atom is -0.464 e. The minimum atomic E-state index is 0.245. The van der Waals surface area contributed by atoms with Gasteiger partial charge in [0.2, 0.25) is 5.82 Å². The van der Waals surface area contributed by atoms with Gasteiger partial charge in [-0.2, -0.15) is 10.5 Å². The summed E-state index contributed by atoms with van der Waals surface area (Å²) >= 11 is 0. The highest BCUT2D eigenvalue weighted by Crippen LogP contribution is 2.24. The maximum absolute atomic E-state index is 9.05. The number of tetrazole rings is 1. The van der Waals surface area contributed by atoms with Crippen molar-refractivity contribution in [3.05, 3.63) is 42.6 Å². The molecular weight excluding hydrogens is 244 g/mol. The first-order chi connectivity index (χ1) is 9.38. The SMILES string of the molecule is N#CC(=CNc1cccc2occc12)c1nn[nH]n1. The van der Waals surface area contributed by atoms with Crippen LogP contribution >= 0.6 is 0 Å². The molecule has 0 radical (unpaired) electrons. The number of allylic oxidation sites excluding steroid dienone is 1. The van der Waals surface area contributed by atoms with Crippen molar-refractivity contribution in [1.29, 1.82) is 5.26 Å². The Balaban J connectivity index is 1.93. The van der Waals surface area contributed by atoms with Crippen molar-refractivity contribution in [2.45, 2.75) is 0 Å². The van der Waals surface area contributed by atoms with Gasteiger partial charge in [0.1, 0.15) is 17.2 Å². The molecule has 0 aliphatic carbocycles. The van der Waals surface area contributed by atoms with Gasteiger partial charge in [0.25, 0.3) is 0 Å². The van der Waals surface area contributed by atoms with Crippen LogP contribution in [0.25, 0.3) is 16.5 Å². The number of nitriles is 1. The van der Waals surface area contributed by atoms with E-state index in [0.29, 0.717) is 0 Å². The Kier molecular flexibility index (Phi) is 2.67. The van der Waals surface area contributed by atoms with E-state index in [1.165, 1.54) is 6.20 Å². The minimum absolute atomic E-state index is 0.245. The van der Waals surface area contributed by atoms with Gasteiger partial charge in [-0.25, -0.2) is 0 Å². The average Bonchev–Trinajstić information content (AvgIpc) is 3.10. The molecule has 2 heterocycles. The molecule has 0 fully saturated rings. The molecule has 0 aliphatic heterocycles. The van der Waals surface area contributed by atoms with E-state index in [4.69, 9.17) is 9.68 Å². The highest BCUT2D eigenvalue weighted by molar-refractivity contribution is 5.91. The number of furan rings is 1. The molecule has 3 aromatic rings. The Morgan fingerprint density at radius 1 is 1.42 bits per heavy atom. The number of hydrogen-bond donors (Lipinski definition) is 2. The third kappa shape index (κ3) is 2.02. The van der Waals surface area contributed by atoms with Crippen LogP contribution in [-0.4, -0.2) is 20.6 Å². The molecule has 7 heteroatoms. The molecule has 92 valence electrons. The largest absolute Gasteiger partial charge is 0.464 e. The fourth-order valence-electron chi connectivity index (χ4n) is 1.69. The molecule has 7 nitrogen and oxygen atoms in total. The van der Waals surface area contributed by atoms with Crippen LogP contribution in [0.15, 0.2) is 41.1 Å². The number of anilines is 1. The number of aromatic nitrogens is 4. The molecular formula is C12H8N6O. The van der Waals surface area contributed by atoms with Crippen LogP contribution in [0, 0.1) is 11.3 Å².